The molecular weight excluding hydrogens is 240 g/mol. The van der Waals surface area contributed by atoms with Crippen LogP contribution in [0.2, 0.25) is 0 Å². The number of carbonyl (C=O) groups excluding carboxylic acids is 1. The minimum Gasteiger partial charge on any atom is -0.495 e. The van der Waals surface area contributed by atoms with Gasteiger partial charge in [0.05, 0.1) is 25.2 Å². The van der Waals surface area contributed by atoms with E-state index in [0.29, 0.717) is 32.2 Å². The SMILES string of the molecule is C=C(OCCOCCOC)C1(C)COC(=O)OC1. The highest BCUT2D eigenvalue weighted by molar-refractivity contribution is 5.60. The van der Waals surface area contributed by atoms with Crippen LogP contribution in [-0.2, 0) is 23.7 Å². The summed E-state index contributed by atoms with van der Waals surface area (Å²) in [6.07, 6.45) is -0.650. The first-order valence-electron chi connectivity index (χ1n) is 5.77. The number of ether oxygens (including phenoxy) is 5. The van der Waals surface area contributed by atoms with E-state index >= 15 is 0 Å². The quantitative estimate of drug-likeness (QED) is 0.373. The second kappa shape index (κ2) is 7.23. The van der Waals surface area contributed by atoms with Crippen LogP contribution in [0, 0.1) is 5.41 Å². The third-order valence-electron chi connectivity index (χ3n) is 2.63. The van der Waals surface area contributed by atoms with Crippen molar-refractivity contribution in [1.29, 1.82) is 0 Å². The summed E-state index contributed by atoms with van der Waals surface area (Å²) in [5, 5.41) is 0. The fraction of sp³-hybridized carbons (Fsp3) is 0.750. The largest absolute Gasteiger partial charge is 0.508 e. The summed E-state index contributed by atoms with van der Waals surface area (Å²) in [5.41, 5.74) is -0.500. The van der Waals surface area contributed by atoms with Gasteiger partial charge < -0.3 is 23.7 Å². The number of rotatable bonds is 8. The Labute approximate surface area is 107 Å². The maximum Gasteiger partial charge on any atom is 0.508 e. The van der Waals surface area contributed by atoms with Crippen LogP contribution in [-0.4, -0.2) is 52.9 Å². The van der Waals surface area contributed by atoms with Gasteiger partial charge in [0.15, 0.2) is 0 Å². The van der Waals surface area contributed by atoms with E-state index in [9.17, 15) is 4.79 Å². The topological polar surface area (TPSA) is 63.2 Å². The highest BCUT2D eigenvalue weighted by Crippen LogP contribution is 2.30. The maximum atomic E-state index is 10.8. The zero-order chi connectivity index (χ0) is 13.4. The number of cyclic esters (lactones) is 2. The molecule has 0 aromatic carbocycles. The minimum atomic E-state index is -0.650. The fourth-order valence-electron chi connectivity index (χ4n) is 1.32. The minimum absolute atomic E-state index is 0.217. The van der Waals surface area contributed by atoms with Gasteiger partial charge >= 0.3 is 6.16 Å². The summed E-state index contributed by atoms with van der Waals surface area (Å²) in [5.74, 6) is 0.533. The zero-order valence-electron chi connectivity index (χ0n) is 10.9. The van der Waals surface area contributed by atoms with Crippen LogP contribution in [0.1, 0.15) is 6.92 Å². The lowest BCUT2D eigenvalue weighted by Crippen LogP contribution is -2.39. The van der Waals surface area contributed by atoms with E-state index in [4.69, 9.17) is 23.7 Å². The van der Waals surface area contributed by atoms with Crippen LogP contribution >= 0.6 is 0 Å². The van der Waals surface area contributed by atoms with E-state index in [1.807, 2.05) is 6.92 Å². The van der Waals surface area contributed by atoms with Crippen molar-refractivity contribution in [1.82, 2.24) is 0 Å². The summed E-state index contributed by atoms with van der Waals surface area (Å²) in [7, 11) is 1.62. The molecule has 0 aromatic rings. The third kappa shape index (κ3) is 4.54. The van der Waals surface area contributed by atoms with Gasteiger partial charge in [-0.2, -0.15) is 0 Å². The Kier molecular flexibility index (Phi) is 5.94. The first-order valence-corrected chi connectivity index (χ1v) is 5.77. The Hall–Kier alpha value is -1.27. The van der Waals surface area contributed by atoms with Crippen LogP contribution in [0.15, 0.2) is 12.3 Å². The summed E-state index contributed by atoms with van der Waals surface area (Å²) < 4.78 is 25.2. The van der Waals surface area contributed by atoms with Gasteiger partial charge in [-0.15, -0.1) is 0 Å². The Morgan fingerprint density at radius 1 is 1.28 bits per heavy atom. The summed E-state index contributed by atoms with van der Waals surface area (Å²) in [6.45, 7) is 8.08. The normalized spacial score (nSPS) is 17.8. The molecule has 6 heteroatoms. The van der Waals surface area contributed by atoms with E-state index in [-0.39, 0.29) is 13.2 Å². The lowest BCUT2D eigenvalue weighted by atomic mass is 9.90. The standard InChI is InChI=1S/C12H20O6/c1-10(16-7-6-15-5-4-14-3)12(2)8-17-11(13)18-9-12/h1,4-9H2,2-3H3. The molecule has 0 radical (unpaired) electrons. The molecule has 0 unspecified atom stereocenters. The monoisotopic (exact) mass is 260 g/mol. The van der Waals surface area contributed by atoms with E-state index in [2.05, 4.69) is 6.58 Å². The molecule has 0 atom stereocenters. The molecule has 104 valence electrons. The van der Waals surface area contributed by atoms with Crippen molar-refractivity contribution in [3.8, 4) is 0 Å². The molecule has 6 nitrogen and oxygen atoms in total. The van der Waals surface area contributed by atoms with Gasteiger partial charge in [-0.05, 0) is 6.92 Å². The van der Waals surface area contributed by atoms with Crippen molar-refractivity contribution >= 4 is 6.16 Å². The lowest BCUT2D eigenvalue weighted by molar-refractivity contribution is -0.0610. The van der Waals surface area contributed by atoms with Crippen molar-refractivity contribution in [2.24, 2.45) is 5.41 Å². The van der Waals surface area contributed by atoms with Crippen molar-refractivity contribution < 1.29 is 28.5 Å². The highest BCUT2D eigenvalue weighted by Gasteiger charge is 2.37. The van der Waals surface area contributed by atoms with Crippen molar-refractivity contribution in [3.63, 3.8) is 0 Å². The molecule has 0 bridgehead atoms. The first-order chi connectivity index (χ1) is 8.58. The Morgan fingerprint density at radius 2 is 1.89 bits per heavy atom. The molecule has 0 aliphatic carbocycles. The summed E-state index contributed by atoms with van der Waals surface area (Å²) in [6, 6.07) is 0. The Morgan fingerprint density at radius 3 is 2.50 bits per heavy atom. The van der Waals surface area contributed by atoms with Gasteiger partial charge in [0.25, 0.3) is 0 Å². The number of carbonyl (C=O) groups is 1. The molecular formula is C12H20O6. The number of methoxy groups -OCH3 is 1. The van der Waals surface area contributed by atoms with Crippen LogP contribution in [0.3, 0.4) is 0 Å². The molecule has 1 rings (SSSR count). The van der Waals surface area contributed by atoms with Gasteiger partial charge in [-0.3, -0.25) is 0 Å². The number of hydrogen-bond acceptors (Lipinski definition) is 6. The van der Waals surface area contributed by atoms with Crippen LogP contribution < -0.4 is 0 Å². The average Bonchev–Trinajstić information content (AvgIpc) is 2.37. The molecule has 1 heterocycles. The van der Waals surface area contributed by atoms with E-state index in [1.54, 1.807) is 7.11 Å². The Balaban J connectivity index is 2.17. The average molecular weight is 260 g/mol. The molecule has 0 saturated carbocycles. The fourth-order valence-corrected chi connectivity index (χ4v) is 1.32. The molecule has 0 amide bonds. The van der Waals surface area contributed by atoms with Crippen LogP contribution in [0.5, 0.6) is 0 Å². The number of hydrogen-bond donors (Lipinski definition) is 0. The third-order valence-corrected chi connectivity index (χ3v) is 2.63. The van der Waals surface area contributed by atoms with E-state index in [1.165, 1.54) is 0 Å². The lowest BCUT2D eigenvalue weighted by Gasteiger charge is -2.33. The summed E-state index contributed by atoms with van der Waals surface area (Å²) in [4.78, 5) is 10.8. The molecule has 0 spiro atoms. The predicted octanol–water partition coefficient (Wildman–Crippen LogP) is 1.35. The van der Waals surface area contributed by atoms with Crippen molar-refractivity contribution in [2.45, 2.75) is 6.92 Å². The molecule has 0 N–H and O–H groups in total. The van der Waals surface area contributed by atoms with Gasteiger partial charge in [0.2, 0.25) is 0 Å². The molecule has 1 saturated heterocycles. The second-order valence-electron chi connectivity index (χ2n) is 4.26. The van der Waals surface area contributed by atoms with Crippen molar-refractivity contribution in [2.75, 3.05) is 46.8 Å². The van der Waals surface area contributed by atoms with E-state index in [0.717, 1.165) is 0 Å². The maximum absolute atomic E-state index is 10.8. The first kappa shape index (κ1) is 14.8. The van der Waals surface area contributed by atoms with Gasteiger partial charge in [0.1, 0.15) is 25.6 Å². The molecule has 0 aromatic heterocycles. The molecule has 18 heavy (non-hydrogen) atoms. The van der Waals surface area contributed by atoms with Gasteiger partial charge in [-0.25, -0.2) is 4.79 Å². The van der Waals surface area contributed by atoms with Crippen LogP contribution in [0.4, 0.5) is 4.79 Å². The molecule has 1 aliphatic rings. The zero-order valence-corrected chi connectivity index (χ0v) is 10.9. The highest BCUT2D eigenvalue weighted by atomic mass is 16.7. The van der Waals surface area contributed by atoms with Crippen LogP contribution in [0.25, 0.3) is 0 Å². The van der Waals surface area contributed by atoms with Gasteiger partial charge in [0, 0.05) is 7.11 Å². The Bertz CT molecular complexity index is 278. The molecule has 1 fully saturated rings. The van der Waals surface area contributed by atoms with Gasteiger partial charge in [-0.1, -0.05) is 6.58 Å². The predicted molar refractivity (Wildman–Crippen MR) is 63.2 cm³/mol. The second-order valence-corrected chi connectivity index (χ2v) is 4.26. The summed E-state index contributed by atoms with van der Waals surface area (Å²) >= 11 is 0. The van der Waals surface area contributed by atoms with E-state index < -0.39 is 11.6 Å². The molecule has 1 aliphatic heterocycles. The van der Waals surface area contributed by atoms with Crippen molar-refractivity contribution in [3.05, 3.63) is 12.3 Å². The smallest absolute Gasteiger partial charge is 0.495 e.